The maximum Gasteiger partial charge on any atom is 0.328 e. The lowest BCUT2D eigenvalue weighted by Crippen LogP contribution is -2.43. The molecular weight excluding hydrogens is 434 g/mol. The maximum atomic E-state index is 13.0. The third-order valence-electron chi connectivity index (χ3n) is 4.80. The average Bonchev–Trinajstić information content (AvgIpc) is 3.26. The zero-order chi connectivity index (χ0) is 23.3. The van der Waals surface area contributed by atoms with Crippen molar-refractivity contribution in [2.45, 2.75) is 30.3 Å². The molecule has 3 aromatic rings. The fourth-order valence-corrected chi connectivity index (χ4v) is 3.58. The number of benzene rings is 2. The number of rotatable bonds is 8. The summed E-state index contributed by atoms with van der Waals surface area (Å²) in [5, 5.41) is 16.0. The molecule has 2 aromatic carbocycles. The first kappa shape index (κ1) is 23.1. The number of carbonyl (C=O) groups excluding carboxylic acids is 2. The van der Waals surface area contributed by atoms with Crippen molar-refractivity contribution in [3.63, 3.8) is 0 Å². The maximum absolute atomic E-state index is 13.0. The number of methoxy groups -OCH3 is 1. The predicted molar refractivity (Wildman–Crippen MR) is 116 cm³/mol. The highest BCUT2D eigenvalue weighted by Crippen LogP contribution is 2.21. The van der Waals surface area contributed by atoms with Gasteiger partial charge in [-0.05, 0) is 24.6 Å². The van der Waals surface area contributed by atoms with E-state index in [1.807, 2.05) is 30.3 Å². The van der Waals surface area contributed by atoms with Gasteiger partial charge in [0.15, 0.2) is 0 Å². The molecule has 11 heteroatoms. The van der Waals surface area contributed by atoms with Gasteiger partial charge in [-0.25, -0.2) is 23.0 Å². The van der Waals surface area contributed by atoms with Gasteiger partial charge in [0.25, 0.3) is 0 Å². The molecule has 1 amide bonds. The molecule has 168 valence electrons. The van der Waals surface area contributed by atoms with E-state index in [1.165, 1.54) is 30.8 Å². The molecule has 3 N–H and O–H groups in total. The zero-order valence-electron chi connectivity index (χ0n) is 17.5. The Morgan fingerprint density at radius 2 is 1.78 bits per heavy atom. The van der Waals surface area contributed by atoms with Gasteiger partial charge in [-0.15, -0.1) is 5.10 Å². The van der Waals surface area contributed by atoms with Crippen LogP contribution in [-0.4, -0.2) is 48.4 Å². The standard InChI is InChI=1S/C21H23N5O5S/c1-14(21(28)31-2)23-20(27)19(12-15-6-4-3-5-7-15)26-13-18(24-25-26)16-8-10-17(11-9-16)32(22,29)30/h3-11,13-14,19H,12H2,1-2H3,(H,23,27)(H2,22,29,30). The second-order valence-electron chi connectivity index (χ2n) is 7.11. The zero-order valence-corrected chi connectivity index (χ0v) is 18.3. The van der Waals surface area contributed by atoms with E-state index < -0.39 is 34.0 Å². The van der Waals surface area contributed by atoms with Gasteiger partial charge in [-0.1, -0.05) is 47.7 Å². The van der Waals surface area contributed by atoms with Crippen LogP contribution in [-0.2, 0) is 30.8 Å². The number of amides is 1. The third kappa shape index (κ3) is 5.56. The van der Waals surface area contributed by atoms with Crippen molar-refractivity contribution in [3.05, 3.63) is 66.4 Å². The Morgan fingerprint density at radius 3 is 2.38 bits per heavy atom. The monoisotopic (exact) mass is 457 g/mol. The number of hydrogen-bond acceptors (Lipinski definition) is 7. The number of hydrogen-bond donors (Lipinski definition) is 2. The molecule has 0 aliphatic rings. The van der Waals surface area contributed by atoms with Crippen molar-refractivity contribution in [2.75, 3.05) is 7.11 Å². The summed E-state index contributed by atoms with van der Waals surface area (Å²) in [4.78, 5) is 24.7. The molecule has 0 spiro atoms. The molecular formula is C21H23N5O5S. The first-order valence-corrected chi connectivity index (χ1v) is 11.2. The Kier molecular flexibility index (Phi) is 7.01. The van der Waals surface area contributed by atoms with Gasteiger partial charge in [-0.2, -0.15) is 0 Å². The van der Waals surface area contributed by atoms with Crippen LogP contribution in [0.15, 0.2) is 65.7 Å². The number of carbonyl (C=O) groups is 2. The van der Waals surface area contributed by atoms with Crippen molar-refractivity contribution in [2.24, 2.45) is 5.14 Å². The number of primary sulfonamides is 1. The highest BCUT2D eigenvalue weighted by molar-refractivity contribution is 7.89. The summed E-state index contributed by atoms with van der Waals surface area (Å²) in [7, 11) is -2.56. The minimum absolute atomic E-state index is 0.0215. The lowest BCUT2D eigenvalue weighted by Gasteiger charge is -2.19. The van der Waals surface area contributed by atoms with E-state index in [0.717, 1.165) is 5.56 Å². The van der Waals surface area contributed by atoms with E-state index in [2.05, 4.69) is 20.4 Å². The van der Waals surface area contributed by atoms with Crippen molar-refractivity contribution in [1.82, 2.24) is 20.3 Å². The molecule has 10 nitrogen and oxygen atoms in total. The molecule has 2 atom stereocenters. The van der Waals surface area contributed by atoms with E-state index in [4.69, 9.17) is 5.14 Å². The Bertz CT molecular complexity index is 1190. The molecule has 0 bridgehead atoms. The van der Waals surface area contributed by atoms with E-state index in [-0.39, 0.29) is 4.90 Å². The molecule has 0 fully saturated rings. The van der Waals surface area contributed by atoms with Crippen molar-refractivity contribution in [3.8, 4) is 11.3 Å². The number of nitrogens with two attached hydrogens (primary N) is 1. The second-order valence-corrected chi connectivity index (χ2v) is 8.67. The van der Waals surface area contributed by atoms with E-state index in [1.54, 1.807) is 18.3 Å². The van der Waals surface area contributed by atoms with Gasteiger partial charge < -0.3 is 10.1 Å². The number of nitrogens with zero attached hydrogens (tertiary/aromatic N) is 3. The van der Waals surface area contributed by atoms with Crippen LogP contribution in [0, 0.1) is 0 Å². The fourth-order valence-electron chi connectivity index (χ4n) is 3.07. The van der Waals surface area contributed by atoms with Crippen LogP contribution in [0.5, 0.6) is 0 Å². The van der Waals surface area contributed by atoms with Crippen LogP contribution < -0.4 is 10.5 Å². The molecule has 32 heavy (non-hydrogen) atoms. The Labute approximate surface area is 185 Å². The van der Waals surface area contributed by atoms with E-state index >= 15 is 0 Å². The summed E-state index contributed by atoms with van der Waals surface area (Å²) in [5.41, 5.74) is 1.94. The summed E-state index contributed by atoms with van der Waals surface area (Å²) in [6, 6.07) is 13.6. The normalized spacial score (nSPS) is 13.2. The van der Waals surface area contributed by atoms with Gasteiger partial charge >= 0.3 is 5.97 Å². The number of nitrogens with one attached hydrogen (secondary N) is 1. The van der Waals surface area contributed by atoms with Crippen LogP contribution in [0.1, 0.15) is 18.5 Å². The van der Waals surface area contributed by atoms with Gasteiger partial charge in [0.05, 0.1) is 18.2 Å². The quantitative estimate of drug-likeness (QED) is 0.481. The van der Waals surface area contributed by atoms with Crippen LogP contribution in [0.3, 0.4) is 0 Å². The summed E-state index contributed by atoms with van der Waals surface area (Å²) in [6.07, 6.45) is 1.90. The average molecular weight is 458 g/mol. The minimum Gasteiger partial charge on any atom is -0.467 e. The second kappa shape index (κ2) is 9.71. The van der Waals surface area contributed by atoms with Crippen LogP contribution in [0.25, 0.3) is 11.3 Å². The summed E-state index contributed by atoms with van der Waals surface area (Å²) < 4.78 is 29.0. The number of sulfonamides is 1. The highest BCUT2D eigenvalue weighted by Gasteiger charge is 2.26. The Morgan fingerprint density at radius 1 is 1.12 bits per heavy atom. The minimum atomic E-state index is -3.81. The van der Waals surface area contributed by atoms with Crippen LogP contribution in [0.2, 0.25) is 0 Å². The van der Waals surface area contributed by atoms with Crippen molar-refractivity contribution in [1.29, 1.82) is 0 Å². The molecule has 0 radical (unpaired) electrons. The molecule has 1 aromatic heterocycles. The van der Waals surface area contributed by atoms with Crippen LogP contribution in [0.4, 0.5) is 0 Å². The summed E-state index contributed by atoms with van der Waals surface area (Å²) in [5.74, 6) is -0.987. The SMILES string of the molecule is COC(=O)C(C)NC(=O)C(Cc1ccccc1)n1cc(-c2ccc(S(N)(=O)=O)cc2)nn1. The summed E-state index contributed by atoms with van der Waals surface area (Å²) in [6.45, 7) is 1.53. The topological polar surface area (TPSA) is 146 Å². The van der Waals surface area contributed by atoms with Gasteiger partial charge in [0, 0.05) is 12.0 Å². The lowest BCUT2D eigenvalue weighted by molar-refractivity contribution is -0.145. The van der Waals surface area contributed by atoms with Crippen molar-refractivity contribution >= 4 is 21.9 Å². The van der Waals surface area contributed by atoms with Gasteiger partial charge in [0.2, 0.25) is 15.9 Å². The molecule has 0 aliphatic heterocycles. The molecule has 1 heterocycles. The Balaban J connectivity index is 1.89. The smallest absolute Gasteiger partial charge is 0.328 e. The molecule has 3 rings (SSSR count). The molecule has 0 aliphatic carbocycles. The van der Waals surface area contributed by atoms with E-state index in [9.17, 15) is 18.0 Å². The molecule has 2 unspecified atom stereocenters. The number of esters is 1. The lowest BCUT2D eigenvalue weighted by atomic mass is 10.0. The number of ether oxygens (including phenoxy) is 1. The van der Waals surface area contributed by atoms with Gasteiger partial charge in [0.1, 0.15) is 17.8 Å². The van der Waals surface area contributed by atoms with E-state index in [0.29, 0.717) is 17.7 Å². The third-order valence-corrected chi connectivity index (χ3v) is 5.73. The van der Waals surface area contributed by atoms with Gasteiger partial charge in [-0.3, -0.25) is 4.79 Å². The first-order chi connectivity index (χ1) is 15.2. The predicted octanol–water partition coefficient (Wildman–Crippen LogP) is 1.05. The fraction of sp³-hybridized carbons (Fsp3) is 0.238. The largest absolute Gasteiger partial charge is 0.467 e. The molecule has 0 saturated heterocycles. The highest BCUT2D eigenvalue weighted by atomic mass is 32.2. The van der Waals surface area contributed by atoms with Crippen molar-refractivity contribution < 1.29 is 22.7 Å². The van der Waals surface area contributed by atoms with Crippen LogP contribution >= 0.6 is 0 Å². The first-order valence-electron chi connectivity index (χ1n) is 9.66. The summed E-state index contributed by atoms with van der Waals surface area (Å²) >= 11 is 0. The Hall–Kier alpha value is -3.57. The molecule has 0 saturated carbocycles. The number of aromatic nitrogens is 3.